The first-order valence-electron chi connectivity index (χ1n) is 10.1. The van der Waals surface area contributed by atoms with Gasteiger partial charge in [-0.25, -0.2) is 4.99 Å². The predicted molar refractivity (Wildman–Crippen MR) is 110 cm³/mol. The number of rotatable bonds is 3. The minimum absolute atomic E-state index is 0.0684. The van der Waals surface area contributed by atoms with E-state index in [1.165, 1.54) is 0 Å². The number of aromatic amines is 1. The lowest BCUT2D eigenvalue weighted by atomic mass is 9.79. The molecule has 0 bridgehead atoms. The number of nitrogens with two attached hydrogens (primary N) is 1. The summed E-state index contributed by atoms with van der Waals surface area (Å²) < 4.78 is 11.1. The van der Waals surface area contributed by atoms with Gasteiger partial charge in [-0.1, -0.05) is 0 Å². The van der Waals surface area contributed by atoms with Crippen LogP contribution in [0.1, 0.15) is 19.8 Å². The number of nitrogens with zero attached hydrogens (tertiary/aromatic N) is 4. The summed E-state index contributed by atoms with van der Waals surface area (Å²) in [6.07, 6.45) is 6.34. The number of aliphatic imine (C=N–C) groups is 1. The van der Waals surface area contributed by atoms with Gasteiger partial charge in [0.15, 0.2) is 0 Å². The molecule has 0 amide bonds. The van der Waals surface area contributed by atoms with Crippen LogP contribution in [-0.2, 0) is 9.47 Å². The molecule has 158 valence electrons. The van der Waals surface area contributed by atoms with Crippen LogP contribution >= 0.6 is 0 Å². The van der Waals surface area contributed by atoms with E-state index in [0.29, 0.717) is 50.9 Å². The standard InChI is InChI=1S/C20H30N6O3/c1-14-13-29-10-7-26(14)18-11-16(20(27)4-8-28-9-5-20)15(12-21)19(25(18)2)23-17-3-6-22-24-17/h3,6,11-12,14,18,27H,4-5,7-10,13,21H2,1-2H3,(H,22,24)/b15-12-,23-19-/t14-,18?/m1/s1. The lowest BCUT2D eigenvalue weighted by molar-refractivity contribution is -0.0456. The molecule has 9 heteroatoms. The molecule has 0 aromatic carbocycles. The predicted octanol–water partition coefficient (Wildman–Crippen LogP) is 0.742. The molecule has 4 rings (SSSR count). The molecule has 1 unspecified atom stereocenters. The summed E-state index contributed by atoms with van der Waals surface area (Å²) in [4.78, 5) is 9.27. The quantitative estimate of drug-likeness (QED) is 0.684. The summed E-state index contributed by atoms with van der Waals surface area (Å²) in [5.41, 5.74) is 6.65. The zero-order chi connectivity index (χ0) is 20.4. The maximum atomic E-state index is 11.5. The maximum absolute atomic E-state index is 11.5. The highest BCUT2D eigenvalue weighted by Crippen LogP contribution is 2.38. The Hall–Kier alpha value is -2.20. The highest BCUT2D eigenvalue weighted by molar-refractivity contribution is 6.05. The topological polar surface area (TPSA) is 112 Å². The van der Waals surface area contributed by atoms with Crippen molar-refractivity contribution >= 4 is 11.7 Å². The SMILES string of the molecule is C[C@@H]1COCCN1C1C=C(C2(O)CCOCC2)C(=C/N)/C(=N/c2ccn[nH]2)N1C. The molecule has 29 heavy (non-hydrogen) atoms. The molecule has 0 radical (unpaired) electrons. The molecule has 2 atom stereocenters. The first-order valence-corrected chi connectivity index (χ1v) is 10.1. The first-order chi connectivity index (χ1) is 14.0. The normalized spacial score (nSPS) is 31.3. The zero-order valence-corrected chi connectivity index (χ0v) is 17.0. The van der Waals surface area contributed by atoms with Crippen LogP contribution in [0.15, 0.2) is 40.7 Å². The Bertz CT molecular complexity index is 797. The number of hydrogen-bond donors (Lipinski definition) is 3. The maximum Gasteiger partial charge on any atom is 0.150 e. The Morgan fingerprint density at radius 3 is 2.79 bits per heavy atom. The third-order valence-corrected chi connectivity index (χ3v) is 6.04. The number of nitrogens with one attached hydrogen (secondary N) is 1. The van der Waals surface area contributed by atoms with Gasteiger partial charge in [-0.2, -0.15) is 5.10 Å². The van der Waals surface area contributed by atoms with Gasteiger partial charge in [0.1, 0.15) is 17.8 Å². The Labute approximate surface area is 170 Å². The molecule has 0 aliphatic carbocycles. The van der Waals surface area contributed by atoms with Gasteiger partial charge in [0, 0.05) is 63.5 Å². The molecular weight excluding hydrogens is 372 g/mol. The van der Waals surface area contributed by atoms with Gasteiger partial charge in [0.25, 0.3) is 0 Å². The summed E-state index contributed by atoms with van der Waals surface area (Å²) in [6, 6.07) is 2.05. The fourth-order valence-electron chi connectivity index (χ4n) is 4.35. The molecule has 4 heterocycles. The summed E-state index contributed by atoms with van der Waals surface area (Å²) in [7, 11) is 2.01. The lowest BCUT2D eigenvalue weighted by Crippen LogP contribution is -2.58. The van der Waals surface area contributed by atoms with Crippen LogP contribution in [0.25, 0.3) is 0 Å². The molecule has 2 saturated heterocycles. The summed E-state index contributed by atoms with van der Waals surface area (Å²) in [5, 5.41) is 18.4. The Morgan fingerprint density at radius 1 is 1.34 bits per heavy atom. The summed E-state index contributed by atoms with van der Waals surface area (Å²) >= 11 is 0. The average Bonchev–Trinajstić information content (AvgIpc) is 3.24. The van der Waals surface area contributed by atoms with Crippen LogP contribution in [-0.4, -0.2) is 88.8 Å². The third-order valence-electron chi connectivity index (χ3n) is 6.04. The van der Waals surface area contributed by atoms with Crippen molar-refractivity contribution in [3.05, 3.63) is 35.7 Å². The van der Waals surface area contributed by atoms with Crippen molar-refractivity contribution in [3.8, 4) is 0 Å². The van der Waals surface area contributed by atoms with E-state index in [1.54, 1.807) is 12.4 Å². The Kier molecular flexibility index (Phi) is 5.73. The number of aliphatic hydroxyl groups is 1. The van der Waals surface area contributed by atoms with E-state index in [-0.39, 0.29) is 12.2 Å². The van der Waals surface area contributed by atoms with E-state index in [2.05, 4.69) is 33.0 Å². The molecule has 3 aliphatic rings. The zero-order valence-electron chi connectivity index (χ0n) is 17.0. The number of morpholine rings is 1. The van der Waals surface area contributed by atoms with E-state index in [9.17, 15) is 5.11 Å². The molecule has 3 aliphatic heterocycles. The number of aromatic nitrogens is 2. The van der Waals surface area contributed by atoms with Crippen molar-refractivity contribution in [3.63, 3.8) is 0 Å². The summed E-state index contributed by atoms with van der Waals surface area (Å²) in [6.45, 7) is 5.37. The van der Waals surface area contributed by atoms with Crippen molar-refractivity contribution in [2.45, 2.75) is 37.6 Å². The molecule has 0 saturated carbocycles. The van der Waals surface area contributed by atoms with Crippen LogP contribution in [0.2, 0.25) is 0 Å². The van der Waals surface area contributed by atoms with Crippen molar-refractivity contribution in [1.82, 2.24) is 20.0 Å². The molecule has 9 nitrogen and oxygen atoms in total. The number of ether oxygens (including phenoxy) is 2. The first kappa shape index (κ1) is 20.1. The second-order valence-corrected chi connectivity index (χ2v) is 7.87. The van der Waals surface area contributed by atoms with Gasteiger partial charge in [0.2, 0.25) is 0 Å². The fourth-order valence-corrected chi connectivity index (χ4v) is 4.35. The monoisotopic (exact) mass is 402 g/mol. The van der Waals surface area contributed by atoms with Crippen molar-refractivity contribution in [2.75, 3.05) is 40.0 Å². The Morgan fingerprint density at radius 2 is 2.14 bits per heavy atom. The molecule has 2 fully saturated rings. The van der Waals surface area contributed by atoms with Gasteiger partial charge >= 0.3 is 0 Å². The van der Waals surface area contributed by atoms with Gasteiger partial charge in [-0.05, 0) is 18.6 Å². The molecule has 0 spiro atoms. The van der Waals surface area contributed by atoms with Crippen molar-refractivity contribution in [2.24, 2.45) is 10.7 Å². The van der Waals surface area contributed by atoms with Crippen molar-refractivity contribution < 1.29 is 14.6 Å². The van der Waals surface area contributed by atoms with Crippen molar-refractivity contribution in [1.29, 1.82) is 0 Å². The van der Waals surface area contributed by atoms with Crippen LogP contribution in [0.3, 0.4) is 0 Å². The largest absolute Gasteiger partial charge is 0.404 e. The average molecular weight is 402 g/mol. The van der Waals surface area contributed by atoms with E-state index in [4.69, 9.17) is 20.2 Å². The number of H-pyrrole nitrogens is 1. The third kappa shape index (κ3) is 3.83. The van der Waals surface area contributed by atoms with E-state index in [0.717, 1.165) is 17.7 Å². The van der Waals surface area contributed by atoms with Gasteiger partial charge < -0.3 is 25.2 Å². The van der Waals surface area contributed by atoms with E-state index in [1.807, 2.05) is 13.1 Å². The molecule has 1 aromatic heterocycles. The van der Waals surface area contributed by atoms with Gasteiger partial charge in [-0.3, -0.25) is 10.00 Å². The molecular formula is C20H30N6O3. The smallest absolute Gasteiger partial charge is 0.150 e. The lowest BCUT2D eigenvalue weighted by Gasteiger charge is -2.48. The highest BCUT2D eigenvalue weighted by Gasteiger charge is 2.43. The molecule has 1 aromatic rings. The van der Waals surface area contributed by atoms with E-state index >= 15 is 0 Å². The second kappa shape index (κ2) is 8.27. The fraction of sp³-hybridized carbons (Fsp3) is 0.600. The Balaban J connectivity index is 1.81. The van der Waals surface area contributed by atoms with E-state index < -0.39 is 5.60 Å². The van der Waals surface area contributed by atoms with Crippen LogP contribution in [0.4, 0.5) is 5.82 Å². The highest BCUT2D eigenvalue weighted by atomic mass is 16.5. The van der Waals surface area contributed by atoms with Gasteiger partial charge in [0.05, 0.1) is 25.0 Å². The number of likely N-dealkylation sites (N-methyl/N-ethyl adjacent to an activating group) is 1. The minimum atomic E-state index is -0.993. The van der Waals surface area contributed by atoms with Crippen LogP contribution in [0, 0.1) is 0 Å². The molecule has 4 N–H and O–H groups in total. The minimum Gasteiger partial charge on any atom is -0.404 e. The van der Waals surface area contributed by atoms with Gasteiger partial charge in [-0.15, -0.1) is 0 Å². The number of hydrogen-bond acceptors (Lipinski definition) is 7. The summed E-state index contributed by atoms with van der Waals surface area (Å²) in [5.74, 6) is 1.35. The second-order valence-electron chi connectivity index (χ2n) is 7.87. The van der Waals surface area contributed by atoms with Crippen LogP contribution < -0.4 is 5.73 Å². The number of amidine groups is 1. The van der Waals surface area contributed by atoms with Crippen LogP contribution in [0.5, 0.6) is 0 Å².